The molecule has 0 radical (unpaired) electrons. The van der Waals surface area contributed by atoms with Gasteiger partial charge in [0.05, 0.1) is 14.2 Å². The lowest BCUT2D eigenvalue weighted by Gasteiger charge is -2.15. The molecule has 0 aliphatic heterocycles. The van der Waals surface area contributed by atoms with E-state index in [-0.39, 0.29) is 0 Å². The van der Waals surface area contributed by atoms with Gasteiger partial charge in [-0.1, -0.05) is 29.8 Å². The van der Waals surface area contributed by atoms with Crippen LogP contribution in [0.2, 0.25) is 0 Å². The summed E-state index contributed by atoms with van der Waals surface area (Å²) < 4.78 is 11.6. The summed E-state index contributed by atoms with van der Waals surface area (Å²) in [5.41, 5.74) is 1.15. The highest BCUT2D eigenvalue weighted by atomic mass is 79.9. The lowest BCUT2D eigenvalue weighted by molar-refractivity contribution is 0.350. The van der Waals surface area contributed by atoms with E-state index in [9.17, 15) is 0 Å². The molecule has 0 amide bonds. The van der Waals surface area contributed by atoms with Crippen molar-refractivity contribution in [3.8, 4) is 11.5 Å². The second-order valence-corrected chi connectivity index (χ2v) is 4.30. The maximum Gasteiger partial charge on any atom is 0.164 e. The van der Waals surface area contributed by atoms with Crippen LogP contribution in [-0.2, 0) is 0 Å². The fourth-order valence-corrected chi connectivity index (χ4v) is 1.84. The molecule has 0 heterocycles. The Kier molecular flexibility index (Phi) is 3.81. The van der Waals surface area contributed by atoms with Gasteiger partial charge in [-0.15, -0.1) is 0 Å². The Balaban J connectivity index is 3.31. The highest BCUT2D eigenvalue weighted by Gasteiger charge is 2.13. The van der Waals surface area contributed by atoms with E-state index >= 15 is 0 Å². The third kappa shape index (κ3) is 2.21. The van der Waals surface area contributed by atoms with E-state index in [1.807, 2.05) is 6.07 Å². The molecule has 0 N–H and O–H groups in total. The van der Waals surface area contributed by atoms with Crippen LogP contribution in [0.5, 0.6) is 11.5 Å². The van der Waals surface area contributed by atoms with Crippen LogP contribution in [0.25, 0.3) is 0 Å². The van der Waals surface area contributed by atoms with Gasteiger partial charge in [0.1, 0.15) is 0 Å². The molecule has 0 aromatic heterocycles. The number of rotatable bonds is 3. The van der Waals surface area contributed by atoms with Gasteiger partial charge in [-0.25, -0.2) is 0 Å². The van der Waals surface area contributed by atoms with Crippen LogP contribution in [0.1, 0.15) is 25.3 Å². The minimum atomic E-state index is 0.413. The second kappa shape index (κ2) is 4.69. The van der Waals surface area contributed by atoms with E-state index in [4.69, 9.17) is 9.47 Å². The molecule has 78 valence electrons. The molecule has 0 saturated carbocycles. The smallest absolute Gasteiger partial charge is 0.164 e. The zero-order valence-corrected chi connectivity index (χ0v) is 10.5. The lowest BCUT2D eigenvalue weighted by Crippen LogP contribution is -1.97. The Bertz CT molecular complexity index is 321. The molecular formula is C11H15BrO2. The van der Waals surface area contributed by atoms with E-state index in [0.717, 1.165) is 21.5 Å². The fraction of sp³-hybridized carbons (Fsp3) is 0.455. The summed E-state index contributed by atoms with van der Waals surface area (Å²) >= 11 is 3.45. The number of halogens is 1. The summed E-state index contributed by atoms with van der Waals surface area (Å²) in [5, 5.41) is 0. The molecule has 2 nitrogen and oxygen atoms in total. The van der Waals surface area contributed by atoms with E-state index in [1.54, 1.807) is 14.2 Å². The average molecular weight is 259 g/mol. The first-order valence-electron chi connectivity index (χ1n) is 4.51. The summed E-state index contributed by atoms with van der Waals surface area (Å²) in [4.78, 5) is 0. The van der Waals surface area contributed by atoms with Crippen molar-refractivity contribution in [1.29, 1.82) is 0 Å². The summed E-state index contributed by atoms with van der Waals surface area (Å²) in [5.74, 6) is 2.01. The quantitative estimate of drug-likeness (QED) is 0.825. The zero-order valence-electron chi connectivity index (χ0n) is 8.93. The minimum absolute atomic E-state index is 0.413. The van der Waals surface area contributed by atoms with Crippen molar-refractivity contribution in [1.82, 2.24) is 0 Å². The van der Waals surface area contributed by atoms with E-state index in [2.05, 4.69) is 35.8 Å². The maximum atomic E-state index is 5.34. The largest absolute Gasteiger partial charge is 0.493 e. The molecule has 0 bridgehead atoms. The van der Waals surface area contributed by atoms with Crippen molar-refractivity contribution < 1.29 is 9.47 Å². The lowest BCUT2D eigenvalue weighted by atomic mass is 10.0. The Labute approximate surface area is 93.4 Å². The van der Waals surface area contributed by atoms with Crippen molar-refractivity contribution in [2.24, 2.45) is 0 Å². The molecule has 1 rings (SSSR count). The monoisotopic (exact) mass is 258 g/mol. The number of hydrogen-bond donors (Lipinski definition) is 0. The summed E-state index contributed by atoms with van der Waals surface area (Å²) in [6.45, 7) is 4.26. The average Bonchev–Trinajstić information content (AvgIpc) is 2.16. The van der Waals surface area contributed by atoms with Gasteiger partial charge >= 0.3 is 0 Å². The number of benzene rings is 1. The third-order valence-electron chi connectivity index (χ3n) is 2.09. The van der Waals surface area contributed by atoms with Gasteiger partial charge in [0.25, 0.3) is 0 Å². The van der Waals surface area contributed by atoms with Crippen LogP contribution in [-0.4, -0.2) is 14.2 Å². The first-order valence-corrected chi connectivity index (χ1v) is 5.30. The van der Waals surface area contributed by atoms with Gasteiger partial charge in [-0.05, 0) is 18.1 Å². The zero-order chi connectivity index (χ0) is 10.7. The van der Waals surface area contributed by atoms with Gasteiger partial charge in [0, 0.05) is 10.0 Å². The molecule has 3 heteroatoms. The van der Waals surface area contributed by atoms with Crippen molar-refractivity contribution >= 4 is 15.9 Å². The highest BCUT2D eigenvalue weighted by molar-refractivity contribution is 9.10. The first kappa shape index (κ1) is 11.4. The van der Waals surface area contributed by atoms with Crippen LogP contribution in [0.3, 0.4) is 0 Å². The van der Waals surface area contributed by atoms with Crippen LogP contribution >= 0.6 is 15.9 Å². The molecule has 0 unspecified atom stereocenters. The summed E-state index contributed by atoms with van der Waals surface area (Å²) in [7, 11) is 3.31. The standard InChI is InChI=1S/C11H15BrO2/c1-7(2)9-5-8(12)6-10(13-3)11(9)14-4/h5-7H,1-4H3. The Hall–Kier alpha value is -0.700. The second-order valence-electron chi connectivity index (χ2n) is 3.39. The van der Waals surface area contributed by atoms with Crippen LogP contribution < -0.4 is 9.47 Å². The van der Waals surface area contributed by atoms with Crippen molar-refractivity contribution in [2.45, 2.75) is 19.8 Å². The van der Waals surface area contributed by atoms with Crippen LogP contribution in [0.15, 0.2) is 16.6 Å². The van der Waals surface area contributed by atoms with Crippen LogP contribution in [0, 0.1) is 0 Å². The predicted molar refractivity (Wildman–Crippen MR) is 61.3 cm³/mol. The fourth-order valence-electron chi connectivity index (χ4n) is 1.39. The van der Waals surface area contributed by atoms with E-state index < -0.39 is 0 Å². The summed E-state index contributed by atoms with van der Waals surface area (Å²) in [6, 6.07) is 3.97. The van der Waals surface area contributed by atoms with E-state index in [0.29, 0.717) is 5.92 Å². The summed E-state index contributed by atoms with van der Waals surface area (Å²) in [6.07, 6.45) is 0. The molecule has 0 fully saturated rings. The molecule has 1 aromatic carbocycles. The molecular weight excluding hydrogens is 244 g/mol. The van der Waals surface area contributed by atoms with Crippen molar-refractivity contribution in [2.75, 3.05) is 14.2 Å². The number of hydrogen-bond acceptors (Lipinski definition) is 2. The van der Waals surface area contributed by atoms with Gasteiger partial charge in [0.15, 0.2) is 11.5 Å². The number of methoxy groups -OCH3 is 2. The third-order valence-corrected chi connectivity index (χ3v) is 2.55. The Morgan fingerprint density at radius 1 is 1.14 bits per heavy atom. The molecule has 14 heavy (non-hydrogen) atoms. The minimum Gasteiger partial charge on any atom is -0.493 e. The Morgan fingerprint density at radius 2 is 1.79 bits per heavy atom. The maximum absolute atomic E-state index is 5.34. The molecule has 0 atom stereocenters. The molecule has 0 aliphatic carbocycles. The van der Waals surface area contributed by atoms with Gasteiger partial charge < -0.3 is 9.47 Å². The first-order chi connectivity index (χ1) is 6.60. The van der Waals surface area contributed by atoms with E-state index in [1.165, 1.54) is 0 Å². The molecule has 1 aromatic rings. The van der Waals surface area contributed by atoms with Crippen molar-refractivity contribution in [3.63, 3.8) is 0 Å². The van der Waals surface area contributed by atoms with Gasteiger partial charge in [0.2, 0.25) is 0 Å². The van der Waals surface area contributed by atoms with Crippen LogP contribution in [0.4, 0.5) is 0 Å². The predicted octanol–water partition coefficient (Wildman–Crippen LogP) is 3.59. The number of ether oxygens (including phenoxy) is 2. The topological polar surface area (TPSA) is 18.5 Å². The SMILES string of the molecule is COc1cc(Br)cc(C(C)C)c1OC. The normalized spacial score (nSPS) is 10.4. The molecule has 0 spiro atoms. The van der Waals surface area contributed by atoms with Gasteiger partial charge in [-0.2, -0.15) is 0 Å². The van der Waals surface area contributed by atoms with Gasteiger partial charge in [-0.3, -0.25) is 0 Å². The Morgan fingerprint density at radius 3 is 2.21 bits per heavy atom. The highest BCUT2D eigenvalue weighted by Crippen LogP contribution is 2.38. The molecule has 0 saturated heterocycles. The molecule has 0 aliphatic rings. The van der Waals surface area contributed by atoms with Crippen molar-refractivity contribution in [3.05, 3.63) is 22.2 Å².